The zero-order valence-electron chi connectivity index (χ0n) is 12.0. The van der Waals surface area contributed by atoms with Gasteiger partial charge >= 0.3 is 0 Å². The highest BCUT2D eigenvalue weighted by Crippen LogP contribution is 2.16. The number of hydrogen-bond donors (Lipinski definition) is 1. The molecule has 0 aliphatic heterocycles. The molecule has 0 saturated carbocycles. The van der Waals surface area contributed by atoms with Crippen LogP contribution in [0.15, 0.2) is 42.7 Å². The van der Waals surface area contributed by atoms with Crippen molar-refractivity contribution in [2.45, 2.75) is 6.92 Å². The number of aromatic nitrogens is 4. The van der Waals surface area contributed by atoms with E-state index in [9.17, 15) is 13.6 Å². The lowest BCUT2D eigenvalue weighted by molar-refractivity contribution is 0.102. The molecule has 0 saturated heterocycles. The number of amides is 1. The van der Waals surface area contributed by atoms with Crippen molar-refractivity contribution in [2.75, 3.05) is 5.32 Å². The van der Waals surface area contributed by atoms with Gasteiger partial charge in [0.05, 0.1) is 5.69 Å². The molecular weight excluding hydrogens is 304 g/mol. The first-order chi connectivity index (χ1) is 11.0. The number of nitrogens with zero attached hydrogens (tertiary/aromatic N) is 4. The van der Waals surface area contributed by atoms with Crippen LogP contribution < -0.4 is 5.32 Å². The fourth-order valence-electron chi connectivity index (χ4n) is 1.97. The molecule has 1 aromatic carbocycles. The van der Waals surface area contributed by atoms with Gasteiger partial charge in [0.2, 0.25) is 0 Å². The Kier molecular flexibility index (Phi) is 3.80. The third-order valence-electron chi connectivity index (χ3n) is 3.13. The van der Waals surface area contributed by atoms with Crippen molar-refractivity contribution in [1.29, 1.82) is 0 Å². The molecule has 0 fully saturated rings. The molecule has 116 valence electrons. The first kappa shape index (κ1) is 14.8. The van der Waals surface area contributed by atoms with E-state index in [1.807, 2.05) is 0 Å². The van der Waals surface area contributed by atoms with Crippen LogP contribution in [0.4, 0.5) is 14.5 Å². The predicted molar refractivity (Wildman–Crippen MR) is 78.2 cm³/mol. The molecule has 6 nitrogen and oxygen atoms in total. The maximum absolute atomic E-state index is 13.5. The minimum atomic E-state index is -0.738. The fraction of sp³-hybridized carbons (Fsp3) is 0.0667. The molecule has 3 aromatic rings. The van der Waals surface area contributed by atoms with Gasteiger partial charge in [-0.15, -0.1) is 10.2 Å². The van der Waals surface area contributed by atoms with E-state index >= 15 is 0 Å². The van der Waals surface area contributed by atoms with E-state index in [4.69, 9.17) is 0 Å². The molecule has 1 amide bonds. The van der Waals surface area contributed by atoms with E-state index in [1.165, 1.54) is 6.07 Å². The van der Waals surface area contributed by atoms with Gasteiger partial charge in [-0.25, -0.2) is 13.8 Å². The minimum absolute atomic E-state index is 0.0184. The zero-order chi connectivity index (χ0) is 16.4. The lowest BCUT2D eigenvalue weighted by atomic mass is 10.2. The molecule has 1 N–H and O–H groups in total. The van der Waals surface area contributed by atoms with Crippen molar-refractivity contribution in [1.82, 2.24) is 19.7 Å². The number of benzene rings is 1. The lowest BCUT2D eigenvalue weighted by Gasteiger charge is -2.07. The number of imidazole rings is 1. The van der Waals surface area contributed by atoms with E-state index < -0.39 is 17.5 Å². The van der Waals surface area contributed by atoms with Crippen LogP contribution in [0.1, 0.15) is 16.3 Å². The Labute approximate surface area is 129 Å². The fourth-order valence-corrected chi connectivity index (χ4v) is 1.97. The SMILES string of the molecule is Cc1nccn1-c1ccc(C(=O)Nc2cc(F)ccc2F)nn1. The van der Waals surface area contributed by atoms with Crippen LogP contribution >= 0.6 is 0 Å². The van der Waals surface area contributed by atoms with Gasteiger partial charge in [0, 0.05) is 18.5 Å². The third-order valence-corrected chi connectivity index (χ3v) is 3.13. The first-order valence-electron chi connectivity index (χ1n) is 6.65. The normalized spacial score (nSPS) is 10.6. The molecule has 2 heterocycles. The van der Waals surface area contributed by atoms with Crippen LogP contribution in [0.3, 0.4) is 0 Å². The Bertz CT molecular complexity index is 861. The van der Waals surface area contributed by atoms with Crippen LogP contribution in [0.5, 0.6) is 0 Å². The number of nitrogens with one attached hydrogen (secondary N) is 1. The van der Waals surface area contributed by atoms with Gasteiger partial charge in [-0.05, 0) is 31.2 Å². The van der Waals surface area contributed by atoms with Crippen molar-refractivity contribution >= 4 is 11.6 Å². The number of hydrogen-bond acceptors (Lipinski definition) is 4. The third kappa shape index (κ3) is 3.05. The Morgan fingerprint density at radius 1 is 1.17 bits per heavy atom. The number of carbonyl (C=O) groups is 1. The number of rotatable bonds is 3. The van der Waals surface area contributed by atoms with Gasteiger partial charge in [-0.3, -0.25) is 9.36 Å². The van der Waals surface area contributed by atoms with E-state index in [1.54, 1.807) is 30.0 Å². The van der Waals surface area contributed by atoms with Crippen LogP contribution in [-0.2, 0) is 0 Å². The summed E-state index contributed by atoms with van der Waals surface area (Å²) < 4.78 is 28.3. The van der Waals surface area contributed by atoms with Crippen LogP contribution in [-0.4, -0.2) is 25.7 Å². The molecule has 0 bridgehead atoms. The standard InChI is InChI=1S/C15H11F2N5O/c1-9-18-6-7-22(9)14-5-4-12(20-21-14)15(23)19-13-8-10(16)2-3-11(13)17/h2-8H,1H3,(H,19,23). The van der Waals surface area contributed by atoms with E-state index in [0.717, 1.165) is 24.0 Å². The van der Waals surface area contributed by atoms with Gasteiger partial charge in [0.1, 0.15) is 17.5 Å². The minimum Gasteiger partial charge on any atom is -0.318 e. The average molecular weight is 315 g/mol. The Hall–Kier alpha value is -3.16. The number of carbonyl (C=O) groups excluding carboxylic acids is 1. The molecule has 0 radical (unpaired) electrons. The maximum atomic E-state index is 13.5. The number of anilines is 1. The second-order valence-electron chi connectivity index (χ2n) is 4.70. The first-order valence-corrected chi connectivity index (χ1v) is 6.65. The molecule has 0 atom stereocenters. The topological polar surface area (TPSA) is 72.7 Å². The van der Waals surface area contributed by atoms with Crippen LogP contribution in [0.25, 0.3) is 5.82 Å². The summed E-state index contributed by atoms with van der Waals surface area (Å²) in [5, 5.41) is 9.98. The highest BCUT2D eigenvalue weighted by Gasteiger charge is 2.13. The molecule has 0 aliphatic rings. The Balaban J connectivity index is 1.81. The average Bonchev–Trinajstić information content (AvgIpc) is 2.97. The summed E-state index contributed by atoms with van der Waals surface area (Å²) in [6.07, 6.45) is 3.32. The number of aryl methyl sites for hydroxylation is 1. The molecule has 0 unspecified atom stereocenters. The Morgan fingerprint density at radius 2 is 2.00 bits per heavy atom. The predicted octanol–water partition coefficient (Wildman–Crippen LogP) is 2.50. The van der Waals surface area contributed by atoms with Crippen molar-refractivity contribution in [2.24, 2.45) is 0 Å². The van der Waals surface area contributed by atoms with E-state index in [2.05, 4.69) is 20.5 Å². The molecule has 0 aliphatic carbocycles. The summed E-state index contributed by atoms with van der Waals surface area (Å²) in [4.78, 5) is 16.1. The summed E-state index contributed by atoms with van der Waals surface area (Å²) >= 11 is 0. The largest absolute Gasteiger partial charge is 0.318 e. The highest BCUT2D eigenvalue weighted by atomic mass is 19.1. The van der Waals surface area contributed by atoms with Crippen LogP contribution in [0.2, 0.25) is 0 Å². The summed E-state index contributed by atoms with van der Waals surface area (Å²) in [7, 11) is 0. The van der Waals surface area contributed by atoms with Crippen LogP contribution in [0, 0.1) is 18.6 Å². The van der Waals surface area contributed by atoms with Gasteiger partial charge in [-0.2, -0.15) is 0 Å². The smallest absolute Gasteiger partial charge is 0.276 e. The second-order valence-corrected chi connectivity index (χ2v) is 4.70. The van der Waals surface area contributed by atoms with Gasteiger partial charge in [-0.1, -0.05) is 0 Å². The monoisotopic (exact) mass is 315 g/mol. The molecular formula is C15H11F2N5O. The quantitative estimate of drug-likeness (QED) is 0.806. The van der Waals surface area contributed by atoms with Gasteiger partial charge in [0.25, 0.3) is 5.91 Å². The van der Waals surface area contributed by atoms with Gasteiger partial charge < -0.3 is 5.32 Å². The summed E-state index contributed by atoms with van der Waals surface area (Å²) in [5.41, 5.74) is -0.276. The van der Waals surface area contributed by atoms with Crippen molar-refractivity contribution < 1.29 is 13.6 Å². The second kappa shape index (κ2) is 5.91. The summed E-state index contributed by atoms with van der Waals surface area (Å²) in [5.74, 6) is -0.861. The zero-order valence-corrected chi connectivity index (χ0v) is 12.0. The van der Waals surface area contributed by atoms with Gasteiger partial charge in [0.15, 0.2) is 11.5 Å². The highest BCUT2D eigenvalue weighted by molar-refractivity contribution is 6.02. The van der Waals surface area contributed by atoms with Crippen molar-refractivity contribution in [3.63, 3.8) is 0 Å². The summed E-state index contributed by atoms with van der Waals surface area (Å²) in [6, 6.07) is 5.81. The number of halogens is 2. The van der Waals surface area contributed by atoms with E-state index in [-0.39, 0.29) is 11.4 Å². The van der Waals surface area contributed by atoms with E-state index in [0.29, 0.717) is 5.82 Å². The molecule has 0 spiro atoms. The molecule has 23 heavy (non-hydrogen) atoms. The molecule has 2 aromatic heterocycles. The Morgan fingerprint density at radius 3 is 2.65 bits per heavy atom. The van der Waals surface area contributed by atoms with Crippen molar-refractivity contribution in [3.05, 3.63) is 65.9 Å². The summed E-state index contributed by atoms with van der Waals surface area (Å²) in [6.45, 7) is 1.80. The molecule has 3 rings (SSSR count). The maximum Gasteiger partial charge on any atom is 0.276 e. The molecule has 8 heteroatoms. The lowest BCUT2D eigenvalue weighted by Crippen LogP contribution is -2.16. The van der Waals surface area contributed by atoms with Crippen molar-refractivity contribution in [3.8, 4) is 5.82 Å².